The van der Waals surface area contributed by atoms with Crippen LogP contribution in [-0.4, -0.2) is 24.2 Å². The van der Waals surface area contributed by atoms with Crippen molar-refractivity contribution in [2.45, 2.75) is 52.0 Å². The first-order chi connectivity index (χ1) is 7.20. The van der Waals surface area contributed by atoms with Gasteiger partial charge in [-0.3, -0.25) is 9.59 Å². The summed E-state index contributed by atoms with van der Waals surface area (Å²) in [5.41, 5.74) is 0. The van der Waals surface area contributed by atoms with Gasteiger partial charge in [0.2, 0.25) is 0 Å². The molecule has 1 fully saturated rings. The summed E-state index contributed by atoms with van der Waals surface area (Å²) >= 11 is 0. The van der Waals surface area contributed by atoms with E-state index in [0.29, 0.717) is 12.8 Å². The molecule has 0 aliphatic carbocycles. The second-order valence-corrected chi connectivity index (χ2v) is 4.17. The Bertz CT molecular complexity index is 216. The zero-order valence-corrected chi connectivity index (χ0v) is 9.71. The summed E-state index contributed by atoms with van der Waals surface area (Å²) in [5.74, 6) is -0.192. The zero-order valence-electron chi connectivity index (χ0n) is 9.71. The van der Waals surface area contributed by atoms with Crippen molar-refractivity contribution in [2.24, 2.45) is 5.92 Å². The SMILES string of the molecule is CCC(=O)C(C(=O)CC)C1CCCCN1. The Hall–Kier alpha value is -0.700. The highest BCUT2D eigenvalue weighted by Crippen LogP contribution is 2.19. The lowest BCUT2D eigenvalue weighted by Gasteiger charge is -2.29. The van der Waals surface area contributed by atoms with Gasteiger partial charge in [-0.25, -0.2) is 0 Å². The van der Waals surface area contributed by atoms with E-state index in [1.54, 1.807) is 0 Å². The molecule has 0 saturated carbocycles. The quantitative estimate of drug-likeness (QED) is 0.704. The van der Waals surface area contributed by atoms with Gasteiger partial charge in [-0.15, -0.1) is 0 Å². The maximum absolute atomic E-state index is 11.8. The van der Waals surface area contributed by atoms with E-state index >= 15 is 0 Å². The van der Waals surface area contributed by atoms with E-state index < -0.39 is 0 Å². The average Bonchev–Trinajstić information content (AvgIpc) is 2.30. The summed E-state index contributed by atoms with van der Waals surface area (Å²) < 4.78 is 0. The number of rotatable bonds is 5. The highest BCUT2D eigenvalue weighted by molar-refractivity contribution is 6.02. The van der Waals surface area contributed by atoms with Crippen LogP contribution in [0.25, 0.3) is 0 Å². The van der Waals surface area contributed by atoms with Crippen molar-refractivity contribution in [2.75, 3.05) is 6.54 Å². The van der Waals surface area contributed by atoms with Gasteiger partial charge in [0.05, 0.1) is 5.92 Å². The van der Waals surface area contributed by atoms with Crippen LogP contribution in [0.5, 0.6) is 0 Å². The summed E-state index contributed by atoms with van der Waals surface area (Å²) in [6.07, 6.45) is 4.18. The second-order valence-electron chi connectivity index (χ2n) is 4.17. The van der Waals surface area contributed by atoms with E-state index in [1.807, 2.05) is 13.8 Å². The lowest BCUT2D eigenvalue weighted by atomic mass is 9.84. The van der Waals surface area contributed by atoms with Crippen molar-refractivity contribution in [3.05, 3.63) is 0 Å². The van der Waals surface area contributed by atoms with Gasteiger partial charge in [0.1, 0.15) is 11.6 Å². The molecule has 1 heterocycles. The predicted octanol–water partition coefficient (Wildman–Crippen LogP) is 1.70. The Morgan fingerprint density at radius 2 is 1.80 bits per heavy atom. The van der Waals surface area contributed by atoms with Gasteiger partial charge >= 0.3 is 0 Å². The van der Waals surface area contributed by atoms with Crippen LogP contribution in [0.15, 0.2) is 0 Å². The van der Waals surface area contributed by atoms with E-state index in [9.17, 15) is 9.59 Å². The fourth-order valence-electron chi connectivity index (χ4n) is 2.23. The molecule has 0 spiro atoms. The molecule has 1 N–H and O–H groups in total. The first kappa shape index (κ1) is 12.4. The van der Waals surface area contributed by atoms with Gasteiger partial charge in [0.25, 0.3) is 0 Å². The Balaban J connectivity index is 2.69. The Kier molecular flexibility index (Phi) is 4.95. The van der Waals surface area contributed by atoms with Gasteiger partial charge in [-0.1, -0.05) is 20.3 Å². The lowest BCUT2D eigenvalue weighted by Crippen LogP contribution is -2.46. The number of hydrogen-bond acceptors (Lipinski definition) is 3. The molecular formula is C12H21NO2. The number of carbonyl (C=O) groups excluding carboxylic acids is 2. The molecule has 86 valence electrons. The standard InChI is InChI=1S/C12H21NO2/c1-3-10(14)12(11(15)4-2)9-7-5-6-8-13-9/h9,12-13H,3-8H2,1-2H3. The number of carbonyl (C=O) groups is 2. The van der Waals surface area contributed by atoms with Gasteiger partial charge in [0.15, 0.2) is 0 Å². The van der Waals surface area contributed by atoms with Gasteiger partial charge in [0, 0.05) is 18.9 Å². The molecule has 1 unspecified atom stereocenters. The topological polar surface area (TPSA) is 46.2 Å². The minimum atomic E-state index is -0.389. The number of Topliss-reactive ketones (excluding diaryl/α,β-unsaturated/α-hetero) is 2. The van der Waals surface area contributed by atoms with Crippen LogP contribution < -0.4 is 5.32 Å². The van der Waals surface area contributed by atoms with Crippen molar-refractivity contribution in [1.29, 1.82) is 0 Å². The van der Waals surface area contributed by atoms with Crippen LogP contribution in [0.3, 0.4) is 0 Å². The fraction of sp³-hybridized carbons (Fsp3) is 0.833. The first-order valence-electron chi connectivity index (χ1n) is 5.99. The maximum atomic E-state index is 11.8. The molecule has 1 rings (SSSR count). The normalized spacial score (nSPS) is 21.7. The molecule has 0 bridgehead atoms. The van der Waals surface area contributed by atoms with Gasteiger partial charge in [-0.05, 0) is 19.4 Å². The number of ketones is 2. The van der Waals surface area contributed by atoms with Crippen molar-refractivity contribution >= 4 is 11.6 Å². The molecule has 0 amide bonds. The Morgan fingerprint density at radius 1 is 1.20 bits per heavy atom. The number of hydrogen-bond donors (Lipinski definition) is 1. The summed E-state index contributed by atoms with van der Waals surface area (Å²) in [4.78, 5) is 23.5. The molecule has 1 aliphatic rings. The van der Waals surface area contributed by atoms with Crippen LogP contribution in [0, 0.1) is 5.92 Å². The average molecular weight is 211 g/mol. The Morgan fingerprint density at radius 3 is 2.20 bits per heavy atom. The molecule has 1 saturated heterocycles. The van der Waals surface area contributed by atoms with Gasteiger partial charge < -0.3 is 5.32 Å². The zero-order chi connectivity index (χ0) is 11.3. The van der Waals surface area contributed by atoms with Crippen molar-refractivity contribution in [3.8, 4) is 0 Å². The molecule has 15 heavy (non-hydrogen) atoms. The van der Waals surface area contributed by atoms with E-state index in [2.05, 4.69) is 5.32 Å². The third-order valence-corrected chi connectivity index (χ3v) is 3.14. The van der Waals surface area contributed by atoms with Crippen molar-refractivity contribution in [1.82, 2.24) is 5.32 Å². The summed E-state index contributed by atoms with van der Waals surface area (Å²) in [5, 5.41) is 3.31. The van der Waals surface area contributed by atoms with E-state index in [1.165, 1.54) is 0 Å². The van der Waals surface area contributed by atoms with E-state index in [0.717, 1.165) is 25.8 Å². The van der Waals surface area contributed by atoms with Crippen molar-refractivity contribution in [3.63, 3.8) is 0 Å². The minimum absolute atomic E-state index is 0.0960. The predicted molar refractivity (Wildman–Crippen MR) is 59.7 cm³/mol. The summed E-state index contributed by atoms with van der Waals surface area (Å²) in [6, 6.07) is 0.0960. The Labute approximate surface area is 91.6 Å². The molecule has 3 heteroatoms. The fourth-order valence-corrected chi connectivity index (χ4v) is 2.23. The monoisotopic (exact) mass is 211 g/mol. The molecule has 0 aromatic rings. The highest BCUT2D eigenvalue weighted by atomic mass is 16.1. The molecule has 3 nitrogen and oxygen atoms in total. The van der Waals surface area contributed by atoms with E-state index in [-0.39, 0.29) is 23.5 Å². The summed E-state index contributed by atoms with van der Waals surface area (Å²) in [6.45, 7) is 4.61. The molecule has 0 radical (unpaired) electrons. The molecular weight excluding hydrogens is 190 g/mol. The molecule has 1 aliphatic heterocycles. The van der Waals surface area contributed by atoms with Crippen LogP contribution >= 0.6 is 0 Å². The number of piperidine rings is 1. The van der Waals surface area contributed by atoms with Crippen LogP contribution in [0.1, 0.15) is 46.0 Å². The molecule has 0 aromatic carbocycles. The number of nitrogens with one attached hydrogen (secondary N) is 1. The van der Waals surface area contributed by atoms with Crippen molar-refractivity contribution < 1.29 is 9.59 Å². The van der Waals surface area contributed by atoms with Gasteiger partial charge in [-0.2, -0.15) is 0 Å². The van der Waals surface area contributed by atoms with Crippen LogP contribution in [-0.2, 0) is 9.59 Å². The lowest BCUT2D eigenvalue weighted by molar-refractivity contribution is -0.134. The molecule has 0 aromatic heterocycles. The second kappa shape index (κ2) is 6.01. The summed E-state index contributed by atoms with van der Waals surface area (Å²) in [7, 11) is 0. The smallest absolute Gasteiger partial charge is 0.144 e. The third-order valence-electron chi connectivity index (χ3n) is 3.14. The largest absolute Gasteiger partial charge is 0.313 e. The first-order valence-corrected chi connectivity index (χ1v) is 5.99. The van der Waals surface area contributed by atoms with E-state index in [4.69, 9.17) is 0 Å². The van der Waals surface area contributed by atoms with Crippen LogP contribution in [0.4, 0.5) is 0 Å². The minimum Gasteiger partial charge on any atom is -0.313 e. The van der Waals surface area contributed by atoms with Crippen LogP contribution in [0.2, 0.25) is 0 Å². The third kappa shape index (κ3) is 3.13. The molecule has 1 atom stereocenters. The highest BCUT2D eigenvalue weighted by Gasteiger charge is 2.32. The maximum Gasteiger partial charge on any atom is 0.144 e.